The highest BCUT2D eigenvalue weighted by Gasteiger charge is 2.36. The Hall–Kier alpha value is -3.98. The average Bonchev–Trinajstić information content (AvgIpc) is 3.29. The number of carbonyl (C=O) groups excluding carboxylic acids is 3. The summed E-state index contributed by atoms with van der Waals surface area (Å²) in [4.78, 5) is 39.3. The molecular weight excluding hydrogens is 478 g/mol. The van der Waals surface area contributed by atoms with Crippen molar-refractivity contribution < 1.29 is 23.9 Å². The fraction of sp³-hybridized carbons (Fsp3) is 0.222. The molecule has 36 heavy (non-hydrogen) atoms. The minimum Gasteiger partial charge on any atom is -0.497 e. The largest absolute Gasteiger partial charge is 0.497 e. The molecule has 3 aromatic rings. The summed E-state index contributed by atoms with van der Waals surface area (Å²) in [5, 5.41) is 2.23. The molecule has 0 aliphatic carbocycles. The van der Waals surface area contributed by atoms with Gasteiger partial charge in [-0.3, -0.25) is 19.3 Å². The van der Waals surface area contributed by atoms with E-state index in [0.717, 1.165) is 45.1 Å². The number of benzene rings is 2. The van der Waals surface area contributed by atoms with Crippen molar-refractivity contribution >= 4 is 40.6 Å². The van der Waals surface area contributed by atoms with Gasteiger partial charge in [0.05, 0.1) is 18.6 Å². The lowest BCUT2D eigenvalue weighted by molar-refractivity contribution is -0.127. The van der Waals surface area contributed by atoms with E-state index >= 15 is 0 Å². The third-order valence-electron chi connectivity index (χ3n) is 5.69. The highest BCUT2D eigenvalue weighted by atomic mass is 32.2. The van der Waals surface area contributed by atoms with E-state index in [0.29, 0.717) is 18.0 Å². The maximum Gasteiger partial charge on any atom is 0.294 e. The third kappa shape index (κ3) is 5.31. The Bertz CT molecular complexity index is 1340. The van der Waals surface area contributed by atoms with Crippen molar-refractivity contribution in [2.75, 3.05) is 25.6 Å². The number of carbonyl (C=O) groups is 3. The molecule has 0 atom stereocenters. The summed E-state index contributed by atoms with van der Waals surface area (Å²) in [5.74, 6) is 0.487. The van der Waals surface area contributed by atoms with Gasteiger partial charge in [-0.15, -0.1) is 0 Å². The number of nitrogens with zero attached hydrogens (tertiary/aromatic N) is 2. The van der Waals surface area contributed by atoms with Crippen molar-refractivity contribution in [1.82, 2.24) is 9.47 Å². The van der Waals surface area contributed by atoms with E-state index in [-0.39, 0.29) is 11.4 Å². The smallest absolute Gasteiger partial charge is 0.294 e. The zero-order valence-electron chi connectivity index (χ0n) is 20.5. The van der Waals surface area contributed by atoms with Gasteiger partial charge >= 0.3 is 0 Å². The van der Waals surface area contributed by atoms with Gasteiger partial charge in [-0.05, 0) is 86.6 Å². The minimum atomic E-state index is -0.488. The van der Waals surface area contributed by atoms with Crippen molar-refractivity contribution in [2.45, 2.75) is 20.8 Å². The number of methoxy groups -OCH3 is 1. The lowest BCUT2D eigenvalue weighted by Crippen LogP contribution is -2.36. The Labute approximate surface area is 213 Å². The summed E-state index contributed by atoms with van der Waals surface area (Å²) < 4.78 is 12.8. The molecule has 1 saturated heterocycles. The van der Waals surface area contributed by atoms with Crippen molar-refractivity contribution in [3.63, 3.8) is 0 Å². The van der Waals surface area contributed by atoms with Crippen LogP contribution in [0.1, 0.15) is 23.9 Å². The number of aryl methyl sites for hydroxylation is 1. The van der Waals surface area contributed by atoms with Gasteiger partial charge in [0.2, 0.25) is 5.91 Å². The molecule has 0 radical (unpaired) electrons. The second-order valence-electron chi connectivity index (χ2n) is 8.14. The summed E-state index contributed by atoms with van der Waals surface area (Å²) in [6, 6.07) is 16.5. The molecule has 2 aromatic carbocycles. The number of imide groups is 1. The van der Waals surface area contributed by atoms with Crippen LogP contribution in [0.15, 0.2) is 59.5 Å². The number of hydrogen-bond donors (Lipinski definition) is 1. The van der Waals surface area contributed by atoms with E-state index in [2.05, 4.69) is 9.88 Å². The Balaban J connectivity index is 1.48. The standard InChI is InChI=1S/C27H27N3O5S/c1-5-35-22-11-9-20(10-12-22)28-25(31)16-29-26(32)24(36-27(29)33)14-19-13-17(2)30(18(19)3)21-7-6-8-23(15-21)34-4/h6-15H,5,16H2,1-4H3,(H,28,31)/b24-14-. The van der Waals surface area contributed by atoms with Crippen LogP contribution in [0, 0.1) is 13.8 Å². The molecule has 1 N–H and O–H groups in total. The maximum atomic E-state index is 13.0. The summed E-state index contributed by atoms with van der Waals surface area (Å²) >= 11 is 0.831. The topological polar surface area (TPSA) is 89.9 Å². The molecule has 3 amide bonds. The van der Waals surface area contributed by atoms with Gasteiger partial charge in [0.15, 0.2) is 0 Å². The third-order valence-corrected chi connectivity index (χ3v) is 6.60. The molecule has 0 bridgehead atoms. The van der Waals surface area contributed by atoms with E-state index in [9.17, 15) is 14.4 Å². The monoisotopic (exact) mass is 505 g/mol. The molecule has 1 aliphatic heterocycles. The van der Waals surface area contributed by atoms with E-state index in [1.54, 1.807) is 37.5 Å². The normalized spacial score (nSPS) is 14.4. The second kappa shape index (κ2) is 10.7. The first-order valence-corrected chi connectivity index (χ1v) is 12.2. The zero-order chi connectivity index (χ0) is 25.8. The number of anilines is 1. The van der Waals surface area contributed by atoms with Crippen molar-refractivity contribution in [1.29, 1.82) is 0 Å². The van der Waals surface area contributed by atoms with Crippen LogP contribution in [0.4, 0.5) is 10.5 Å². The van der Waals surface area contributed by atoms with Crippen LogP contribution >= 0.6 is 11.8 Å². The fourth-order valence-corrected chi connectivity index (χ4v) is 4.83. The lowest BCUT2D eigenvalue weighted by Gasteiger charge is -2.13. The number of aromatic nitrogens is 1. The SMILES string of the molecule is CCOc1ccc(NC(=O)CN2C(=O)S/C(=C\c3cc(C)n(-c4cccc(OC)c4)c3C)C2=O)cc1. The first-order valence-electron chi connectivity index (χ1n) is 11.4. The summed E-state index contributed by atoms with van der Waals surface area (Å²) in [6.07, 6.45) is 1.70. The van der Waals surface area contributed by atoms with Crippen LogP contribution in [-0.4, -0.2) is 46.8 Å². The van der Waals surface area contributed by atoms with Crippen molar-refractivity contribution in [3.05, 3.63) is 76.5 Å². The predicted octanol–water partition coefficient (Wildman–Crippen LogP) is 5.18. The quantitative estimate of drug-likeness (QED) is 0.425. The highest BCUT2D eigenvalue weighted by molar-refractivity contribution is 8.18. The number of nitrogens with one attached hydrogen (secondary N) is 1. The highest BCUT2D eigenvalue weighted by Crippen LogP contribution is 2.34. The molecule has 1 aromatic heterocycles. The first-order chi connectivity index (χ1) is 17.3. The van der Waals surface area contributed by atoms with Crippen LogP contribution in [0.5, 0.6) is 11.5 Å². The summed E-state index contributed by atoms with van der Waals surface area (Å²) in [5.41, 5.74) is 4.19. The second-order valence-corrected chi connectivity index (χ2v) is 9.13. The maximum absolute atomic E-state index is 13.0. The number of hydrogen-bond acceptors (Lipinski definition) is 6. The molecule has 0 spiro atoms. The summed E-state index contributed by atoms with van der Waals surface area (Å²) in [7, 11) is 1.62. The van der Waals surface area contributed by atoms with E-state index < -0.39 is 17.1 Å². The zero-order valence-corrected chi connectivity index (χ0v) is 21.3. The molecule has 1 aliphatic rings. The van der Waals surface area contributed by atoms with Crippen LogP contribution < -0.4 is 14.8 Å². The molecule has 4 rings (SSSR count). The first kappa shape index (κ1) is 25.1. The number of ether oxygens (including phenoxy) is 2. The van der Waals surface area contributed by atoms with Gasteiger partial charge in [-0.25, -0.2) is 0 Å². The van der Waals surface area contributed by atoms with Gasteiger partial charge in [0, 0.05) is 28.8 Å². The van der Waals surface area contributed by atoms with Crippen molar-refractivity contribution in [3.8, 4) is 17.2 Å². The molecule has 9 heteroatoms. The molecule has 2 heterocycles. The van der Waals surface area contributed by atoms with E-state index in [4.69, 9.17) is 9.47 Å². The Morgan fingerprint density at radius 2 is 1.81 bits per heavy atom. The van der Waals surface area contributed by atoms with Gasteiger partial charge < -0.3 is 19.4 Å². The summed E-state index contributed by atoms with van der Waals surface area (Å²) in [6.45, 7) is 5.99. The Morgan fingerprint density at radius 3 is 2.50 bits per heavy atom. The molecular formula is C27H27N3O5S. The van der Waals surface area contributed by atoms with Gasteiger partial charge in [0.25, 0.3) is 11.1 Å². The number of rotatable bonds is 8. The van der Waals surface area contributed by atoms with Crippen LogP contribution in [0.3, 0.4) is 0 Å². The Morgan fingerprint density at radius 1 is 1.06 bits per heavy atom. The molecule has 0 unspecified atom stereocenters. The lowest BCUT2D eigenvalue weighted by atomic mass is 10.2. The predicted molar refractivity (Wildman–Crippen MR) is 141 cm³/mol. The van der Waals surface area contributed by atoms with E-state index in [1.807, 2.05) is 51.1 Å². The number of amides is 3. The van der Waals surface area contributed by atoms with Crippen LogP contribution in [0.25, 0.3) is 11.8 Å². The van der Waals surface area contributed by atoms with Crippen LogP contribution in [-0.2, 0) is 9.59 Å². The molecule has 0 saturated carbocycles. The molecule has 1 fully saturated rings. The van der Waals surface area contributed by atoms with Crippen LogP contribution in [0.2, 0.25) is 0 Å². The van der Waals surface area contributed by atoms with Crippen molar-refractivity contribution in [2.24, 2.45) is 0 Å². The van der Waals surface area contributed by atoms with Gasteiger partial charge in [-0.1, -0.05) is 6.07 Å². The van der Waals surface area contributed by atoms with Gasteiger partial charge in [-0.2, -0.15) is 0 Å². The average molecular weight is 506 g/mol. The molecule has 186 valence electrons. The van der Waals surface area contributed by atoms with E-state index in [1.165, 1.54) is 0 Å². The van der Waals surface area contributed by atoms with Gasteiger partial charge in [0.1, 0.15) is 18.0 Å². The minimum absolute atomic E-state index is 0.278. The fourth-order valence-electron chi connectivity index (χ4n) is 4.00. The molecule has 8 nitrogen and oxygen atoms in total. The number of thioether (sulfide) groups is 1. The Kier molecular flexibility index (Phi) is 7.49.